The first-order valence-electron chi connectivity index (χ1n) is 8.88. The Kier molecular flexibility index (Phi) is 5.99. The molecule has 1 aromatic carbocycles. The van der Waals surface area contributed by atoms with E-state index in [4.69, 9.17) is 16.3 Å². The van der Waals surface area contributed by atoms with Crippen molar-refractivity contribution in [1.29, 1.82) is 0 Å². The van der Waals surface area contributed by atoms with Crippen LogP contribution >= 0.6 is 22.9 Å². The molecular weight excluding hydrogens is 370 g/mol. The van der Waals surface area contributed by atoms with Crippen molar-refractivity contribution in [2.75, 3.05) is 11.9 Å². The van der Waals surface area contributed by atoms with Crippen molar-refractivity contribution in [3.8, 4) is 0 Å². The number of halogens is 1. The minimum atomic E-state index is -0.353. The number of rotatable bonds is 5. The van der Waals surface area contributed by atoms with Crippen molar-refractivity contribution in [3.05, 3.63) is 50.9 Å². The van der Waals surface area contributed by atoms with Gasteiger partial charge in [0.2, 0.25) is 0 Å². The van der Waals surface area contributed by atoms with E-state index in [9.17, 15) is 9.59 Å². The fourth-order valence-corrected chi connectivity index (χ4v) is 4.75. The smallest absolute Gasteiger partial charge is 0.341 e. The summed E-state index contributed by atoms with van der Waals surface area (Å²) in [7, 11) is 0. The van der Waals surface area contributed by atoms with Crippen LogP contribution in [0.4, 0.5) is 5.00 Å². The number of fused-ring (bicyclic) bond motifs is 1. The van der Waals surface area contributed by atoms with E-state index in [1.54, 1.807) is 24.3 Å². The van der Waals surface area contributed by atoms with Crippen molar-refractivity contribution in [2.24, 2.45) is 5.92 Å². The lowest BCUT2D eigenvalue weighted by molar-refractivity contribution is 0.0505. The molecule has 0 fully saturated rings. The molecule has 0 aliphatic heterocycles. The molecule has 0 saturated carbocycles. The molecule has 0 bridgehead atoms. The third-order valence-corrected chi connectivity index (χ3v) is 6.00. The predicted octanol–water partition coefficient (Wildman–Crippen LogP) is 5.35. The van der Waals surface area contributed by atoms with Crippen LogP contribution in [0.15, 0.2) is 24.3 Å². The van der Waals surface area contributed by atoms with Crippen molar-refractivity contribution in [2.45, 2.75) is 39.5 Å². The molecule has 0 saturated heterocycles. The zero-order chi connectivity index (χ0) is 18.7. The highest BCUT2D eigenvalue weighted by Gasteiger charge is 2.29. The number of anilines is 1. The third kappa shape index (κ3) is 3.94. The number of thiophene rings is 1. The molecule has 1 unspecified atom stereocenters. The summed E-state index contributed by atoms with van der Waals surface area (Å²) >= 11 is 7.61. The maximum Gasteiger partial charge on any atom is 0.341 e. The number of ether oxygens (including phenoxy) is 1. The Morgan fingerprint density at radius 1 is 1.35 bits per heavy atom. The molecule has 2 aromatic rings. The zero-order valence-corrected chi connectivity index (χ0v) is 16.5. The maximum atomic E-state index is 12.7. The van der Waals surface area contributed by atoms with E-state index >= 15 is 0 Å². The number of amides is 1. The highest BCUT2D eigenvalue weighted by Crippen LogP contribution is 2.40. The van der Waals surface area contributed by atoms with Crippen LogP contribution < -0.4 is 5.32 Å². The second-order valence-electron chi connectivity index (χ2n) is 6.63. The second kappa shape index (κ2) is 8.23. The number of nitrogens with one attached hydrogen (secondary N) is 1. The quantitative estimate of drug-likeness (QED) is 0.699. The van der Waals surface area contributed by atoms with Crippen LogP contribution in [0.25, 0.3) is 0 Å². The van der Waals surface area contributed by atoms with Gasteiger partial charge in [-0.2, -0.15) is 0 Å². The predicted molar refractivity (Wildman–Crippen MR) is 105 cm³/mol. The van der Waals surface area contributed by atoms with Gasteiger partial charge >= 0.3 is 5.97 Å². The Balaban J connectivity index is 1.94. The van der Waals surface area contributed by atoms with E-state index in [1.807, 2.05) is 6.92 Å². The number of carbonyl (C=O) groups excluding carboxylic acids is 2. The minimum Gasteiger partial charge on any atom is -0.462 e. The highest BCUT2D eigenvalue weighted by molar-refractivity contribution is 7.17. The van der Waals surface area contributed by atoms with Crippen LogP contribution in [0.1, 0.15) is 57.8 Å². The SMILES string of the molecule is CCCOC(=O)c1c(NC(=O)c2ccccc2Cl)sc2c1CCC(C)C2. The van der Waals surface area contributed by atoms with Gasteiger partial charge in [0.25, 0.3) is 5.91 Å². The van der Waals surface area contributed by atoms with Crippen LogP contribution in [0.3, 0.4) is 0 Å². The van der Waals surface area contributed by atoms with Crippen LogP contribution in [0.5, 0.6) is 0 Å². The molecule has 1 amide bonds. The van der Waals surface area contributed by atoms with Gasteiger partial charge in [-0.1, -0.05) is 37.6 Å². The van der Waals surface area contributed by atoms with Crippen molar-refractivity contribution in [3.63, 3.8) is 0 Å². The second-order valence-corrected chi connectivity index (χ2v) is 8.14. The summed E-state index contributed by atoms with van der Waals surface area (Å²) in [5.74, 6) is -0.0899. The molecule has 0 spiro atoms. The molecule has 1 aromatic heterocycles. The van der Waals surface area contributed by atoms with Crippen LogP contribution in [0, 0.1) is 5.92 Å². The molecule has 6 heteroatoms. The third-order valence-electron chi connectivity index (χ3n) is 4.50. The van der Waals surface area contributed by atoms with Gasteiger partial charge in [0.05, 0.1) is 22.8 Å². The topological polar surface area (TPSA) is 55.4 Å². The molecule has 1 N–H and O–H groups in total. The lowest BCUT2D eigenvalue weighted by atomic mass is 9.88. The molecule has 1 aliphatic rings. The van der Waals surface area contributed by atoms with Gasteiger partial charge in [-0.15, -0.1) is 11.3 Å². The summed E-state index contributed by atoms with van der Waals surface area (Å²) in [4.78, 5) is 26.5. The largest absolute Gasteiger partial charge is 0.462 e. The lowest BCUT2D eigenvalue weighted by Crippen LogP contribution is -2.17. The Labute approximate surface area is 162 Å². The molecule has 1 aliphatic carbocycles. The monoisotopic (exact) mass is 391 g/mol. The average molecular weight is 392 g/mol. The molecule has 0 radical (unpaired) electrons. The van der Waals surface area contributed by atoms with Gasteiger partial charge in [-0.3, -0.25) is 4.79 Å². The van der Waals surface area contributed by atoms with Gasteiger partial charge in [0.15, 0.2) is 0 Å². The fourth-order valence-electron chi connectivity index (χ4n) is 3.14. The summed E-state index contributed by atoms with van der Waals surface area (Å²) < 4.78 is 5.37. The molecule has 138 valence electrons. The maximum absolute atomic E-state index is 12.7. The highest BCUT2D eigenvalue weighted by atomic mass is 35.5. The Morgan fingerprint density at radius 2 is 2.12 bits per heavy atom. The Bertz CT molecular complexity index is 830. The van der Waals surface area contributed by atoms with Gasteiger partial charge in [0, 0.05) is 4.88 Å². The average Bonchev–Trinajstić information content (AvgIpc) is 2.96. The first-order valence-corrected chi connectivity index (χ1v) is 10.1. The van der Waals surface area contributed by atoms with E-state index in [0.29, 0.717) is 33.7 Å². The number of esters is 1. The molecular formula is C20H22ClNO3S. The number of hydrogen-bond donors (Lipinski definition) is 1. The molecule has 4 nitrogen and oxygen atoms in total. The van der Waals surface area contributed by atoms with E-state index in [0.717, 1.165) is 31.2 Å². The standard InChI is InChI=1S/C20H22ClNO3S/c1-3-10-25-20(24)17-14-9-8-12(2)11-16(14)26-19(17)22-18(23)13-6-4-5-7-15(13)21/h4-7,12H,3,8-11H2,1-2H3,(H,22,23). The van der Waals surface area contributed by atoms with E-state index < -0.39 is 0 Å². The van der Waals surface area contributed by atoms with E-state index in [-0.39, 0.29) is 11.9 Å². The van der Waals surface area contributed by atoms with Crippen molar-refractivity contribution >= 4 is 39.8 Å². The van der Waals surface area contributed by atoms with Crippen molar-refractivity contribution < 1.29 is 14.3 Å². The van der Waals surface area contributed by atoms with Crippen LogP contribution in [-0.4, -0.2) is 18.5 Å². The Morgan fingerprint density at radius 3 is 2.85 bits per heavy atom. The van der Waals surface area contributed by atoms with Crippen molar-refractivity contribution in [1.82, 2.24) is 0 Å². The van der Waals surface area contributed by atoms with Gasteiger partial charge in [-0.25, -0.2) is 4.79 Å². The zero-order valence-electron chi connectivity index (χ0n) is 14.9. The first-order chi connectivity index (χ1) is 12.5. The van der Waals surface area contributed by atoms with Gasteiger partial charge in [-0.05, 0) is 49.3 Å². The molecule has 26 heavy (non-hydrogen) atoms. The minimum absolute atomic E-state index is 0.313. The molecule has 1 heterocycles. The lowest BCUT2D eigenvalue weighted by Gasteiger charge is -2.18. The summed E-state index contributed by atoms with van der Waals surface area (Å²) in [6.45, 7) is 4.54. The fraction of sp³-hybridized carbons (Fsp3) is 0.400. The number of carbonyl (C=O) groups is 2. The summed E-state index contributed by atoms with van der Waals surface area (Å²) in [5, 5.41) is 3.84. The van der Waals surface area contributed by atoms with Crippen LogP contribution in [-0.2, 0) is 17.6 Å². The van der Waals surface area contributed by atoms with Gasteiger partial charge < -0.3 is 10.1 Å². The Hall–Kier alpha value is -1.85. The van der Waals surface area contributed by atoms with Crippen LogP contribution in [0.2, 0.25) is 5.02 Å². The summed E-state index contributed by atoms with van der Waals surface area (Å²) in [6, 6.07) is 6.88. The van der Waals surface area contributed by atoms with E-state index in [1.165, 1.54) is 16.2 Å². The number of hydrogen-bond acceptors (Lipinski definition) is 4. The molecule has 3 rings (SSSR count). The van der Waals surface area contributed by atoms with Gasteiger partial charge in [0.1, 0.15) is 5.00 Å². The van der Waals surface area contributed by atoms with E-state index in [2.05, 4.69) is 12.2 Å². The summed E-state index contributed by atoms with van der Waals surface area (Å²) in [6.07, 6.45) is 3.56. The summed E-state index contributed by atoms with van der Waals surface area (Å²) in [5.41, 5.74) is 1.94. The first kappa shape index (κ1) is 18.9. The molecule has 1 atom stereocenters. The number of benzene rings is 1. The normalized spacial score (nSPS) is 16.0.